The lowest BCUT2D eigenvalue weighted by Gasteiger charge is -1.85. The molecule has 0 bridgehead atoms. The molecule has 0 atom stereocenters. The van der Waals surface area contributed by atoms with Gasteiger partial charge in [-0.25, -0.2) is 9.79 Å². The Morgan fingerprint density at radius 3 is 2.75 bits per heavy atom. The van der Waals surface area contributed by atoms with E-state index in [4.69, 9.17) is 0 Å². The highest BCUT2D eigenvalue weighted by Crippen LogP contribution is 1.92. The lowest BCUT2D eigenvalue weighted by molar-refractivity contribution is 0.562. The first-order chi connectivity index (χ1) is 3.91. The number of hydrogen-bond donors (Lipinski definition) is 0. The molecular weight excluding hydrogens is 170 g/mol. The molecule has 46 valence electrons. The number of nitrogens with zero attached hydrogens (tertiary/aromatic N) is 1. The fraction of sp³-hybridized carbons (Fsp3) is 0.800. The van der Waals surface area contributed by atoms with Gasteiger partial charge in [0.1, 0.15) is 0 Å². The summed E-state index contributed by atoms with van der Waals surface area (Å²) < 4.78 is 0. The summed E-state index contributed by atoms with van der Waals surface area (Å²) in [6.07, 6.45) is 3.53. The highest BCUT2D eigenvalue weighted by molar-refractivity contribution is 9.09. The highest BCUT2D eigenvalue weighted by Gasteiger charge is 1.80. The minimum absolute atomic E-state index is 0.620. The van der Waals surface area contributed by atoms with Gasteiger partial charge in [-0.05, 0) is 12.8 Å². The Balaban J connectivity index is 2.82. The quantitative estimate of drug-likeness (QED) is 0.277. The Kier molecular flexibility index (Phi) is 6.74. The fourth-order valence-electron chi connectivity index (χ4n) is 0.331. The van der Waals surface area contributed by atoms with Crippen molar-refractivity contribution >= 4 is 22.0 Å². The lowest BCUT2D eigenvalue weighted by Crippen LogP contribution is -1.80. The predicted molar refractivity (Wildman–Crippen MR) is 36.0 cm³/mol. The summed E-state index contributed by atoms with van der Waals surface area (Å²) in [4.78, 5) is 12.8. The van der Waals surface area contributed by atoms with Crippen molar-refractivity contribution in [3.05, 3.63) is 0 Å². The van der Waals surface area contributed by atoms with E-state index in [1.165, 1.54) is 6.08 Å². The molecule has 0 radical (unpaired) electrons. The Morgan fingerprint density at radius 1 is 1.50 bits per heavy atom. The standard InChI is InChI=1S/C5H8BrNO/c6-3-1-2-4-7-5-8/h1-4H2. The molecule has 0 aromatic carbocycles. The van der Waals surface area contributed by atoms with Gasteiger partial charge in [-0.3, -0.25) is 0 Å². The van der Waals surface area contributed by atoms with Gasteiger partial charge in [0.15, 0.2) is 0 Å². The van der Waals surface area contributed by atoms with Crippen LogP contribution in [0.3, 0.4) is 0 Å². The molecule has 0 spiro atoms. The van der Waals surface area contributed by atoms with E-state index >= 15 is 0 Å². The Labute approximate surface area is 57.1 Å². The first-order valence-corrected chi connectivity index (χ1v) is 3.63. The molecule has 2 nitrogen and oxygen atoms in total. The van der Waals surface area contributed by atoms with E-state index < -0.39 is 0 Å². The molecule has 0 aliphatic heterocycles. The third kappa shape index (κ3) is 5.86. The number of halogens is 1. The van der Waals surface area contributed by atoms with Crippen molar-refractivity contribution in [1.29, 1.82) is 0 Å². The molecule has 0 saturated carbocycles. The van der Waals surface area contributed by atoms with Gasteiger partial charge in [0.05, 0.1) is 6.54 Å². The van der Waals surface area contributed by atoms with Crippen molar-refractivity contribution in [3.63, 3.8) is 0 Å². The number of unbranched alkanes of at least 4 members (excludes halogenated alkanes) is 1. The van der Waals surface area contributed by atoms with Crippen LogP contribution < -0.4 is 0 Å². The van der Waals surface area contributed by atoms with Gasteiger partial charge in [0, 0.05) is 5.33 Å². The van der Waals surface area contributed by atoms with Crippen LogP contribution in [0.1, 0.15) is 12.8 Å². The number of aliphatic imine (C=N–C) groups is 1. The van der Waals surface area contributed by atoms with E-state index in [9.17, 15) is 4.79 Å². The first kappa shape index (κ1) is 7.86. The number of hydrogen-bond acceptors (Lipinski definition) is 2. The number of carbonyl (C=O) groups excluding carboxylic acids is 1. The second-order valence-electron chi connectivity index (χ2n) is 1.37. The fourth-order valence-corrected chi connectivity index (χ4v) is 0.727. The van der Waals surface area contributed by atoms with Gasteiger partial charge in [0.2, 0.25) is 6.08 Å². The van der Waals surface area contributed by atoms with Gasteiger partial charge in [-0.15, -0.1) is 0 Å². The van der Waals surface area contributed by atoms with E-state index in [0.717, 1.165) is 18.2 Å². The molecule has 0 rings (SSSR count). The number of alkyl halides is 1. The Hall–Kier alpha value is -0.140. The summed E-state index contributed by atoms with van der Waals surface area (Å²) >= 11 is 3.26. The molecule has 0 heterocycles. The topological polar surface area (TPSA) is 29.4 Å². The van der Waals surface area contributed by atoms with Crippen molar-refractivity contribution in [2.45, 2.75) is 12.8 Å². The van der Waals surface area contributed by atoms with E-state index in [1.54, 1.807) is 0 Å². The lowest BCUT2D eigenvalue weighted by atomic mass is 10.3. The summed E-state index contributed by atoms with van der Waals surface area (Å²) in [7, 11) is 0. The van der Waals surface area contributed by atoms with Crippen LogP contribution in [-0.2, 0) is 4.79 Å². The molecule has 0 unspecified atom stereocenters. The number of isocyanates is 1. The normalized spacial score (nSPS) is 8.12. The average Bonchev–Trinajstić information content (AvgIpc) is 1.81. The largest absolute Gasteiger partial charge is 0.234 e. The van der Waals surface area contributed by atoms with Crippen LogP contribution in [0.25, 0.3) is 0 Å². The maximum absolute atomic E-state index is 9.46. The van der Waals surface area contributed by atoms with Crippen LogP contribution in [0.2, 0.25) is 0 Å². The van der Waals surface area contributed by atoms with Crippen LogP contribution in [0.15, 0.2) is 4.99 Å². The van der Waals surface area contributed by atoms with Gasteiger partial charge in [0.25, 0.3) is 0 Å². The van der Waals surface area contributed by atoms with Crippen molar-refractivity contribution in [2.24, 2.45) is 4.99 Å². The summed E-state index contributed by atoms with van der Waals surface area (Å²) in [5.41, 5.74) is 0. The molecular formula is C5H8BrNO. The molecule has 0 amide bonds. The molecule has 0 aromatic heterocycles. The third-order valence-corrected chi connectivity index (χ3v) is 1.28. The molecule has 0 aliphatic rings. The van der Waals surface area contributed by atoms with Gasteiger partial charge >= 0.3 is 0 Å². The van der Waals surface area contributed by atoms with Crippen molar-refractivity contribution in [2.75, 3.05) is 11.9 Å². The molecule has 0 saturated heterocycles. The van der Waals surface area contributed by atoms with E-state index in [1.807, 2.05) is 0 Å². The molecule has 8 heavy (non-hydrogen) atoms. The minimum atomic E-state index is 0.620. The van der Waals surface area contributed by atoms with E-state index in [-0.39, 0.29) is 0 Å². The summed E-state index contributed by atoms with van der Waals surface area (Å²) in [5.74, 6) is 0. The zero-order valence-corrected chi connectivity index (χ0v) is 6.15. The zero-order chi connectivity index (χ0) is 6.24. The van der Waals surface area contributed by atoms with Gasteiger partial charge in [-0.1, -0.05) is 15.9 Å². The third-order valence-electron chi connectivity index (χ3n) is 0.718. The second kappa shape index (κ2) is 6.86. The summed E-state index contributed by atoms with van der Waals surface area (Å²) in [5, 5.41) is 0.987. The van der Waals surface area contributed by atoms with Gasteiger partial charge in [-0.2, -0.15) is 0 Å². The monoisotopic (exact) mass is 177 g/mol. The zero-order valence-electron chi connectivity index (χ0n) is 4.56. The Bertz CT molecular complexity index is 88.4. The SMILES string of the molecule is O=C=NCCCCBr. The molecule has 0 N–H and O–H groups in total. The van der Waals surface area contributed by atoms with Crippen molar-refractivity contribution in [3.8, 4) is 0 Å². The van der Waals surface area contributed by atoms with Crippen LogP contribution >= 0.6 is 15.9 Å². The summed E-state index contributed by atoms with van der Waals surface area (Å²) in [6, 6.07) is 0. The second-order valence-corrected chi connectivity index (χ2v) is 2.16. The van der Waals surface area contributed by atoms with Crippen molar-refractivity contribution < 1.29 is 4.79 Å². The molecule has 0 fully saturated rings. The summed E-state index contributed by atoms with van der Waals surface area (Å²) in [6.45, 7) is 0.620. The van der Waals surface area contributed by atoms with Crippen molar-refractivity contribution in [1.82, 2.24) is 0 Å². The molecule has 0 aliphatic carbocycles. The van der Waals surface area contributed by atoms with Crippen LogP contribution in [-0.4, -0.2) is 18.0 Å². The van der Waals surface area contributed by atoms with E-state index in [2.05, 4.69) is 20.9 Å². The average molecular weight is 178 g/mol. The molecule has 3 heteroatoms. The van der Waals surface area contributed by atoms with Crippen LogP contribution in [0.5, 0.6) is 0 Å². The van der Waals surface area contributed by atoms with E-state index in [0.29, 0.717) is 6.54 Å². The predicted octanol–water partition coefficient (Wildman–Crippen LogP) is 1.50. The van der Waals surface area contributed by atoms with Crippen LogP contribution in [0.4, 0.5) is 0 Å². The highest BCUT2D eigenvalue weighted by atomic mass is 79.9. The van der Waals surface area contributed by atoms with Crippen LogP contribution in [0, 0.1) is 0 Å². The Morgan fingerprint density at radius 2 is 2.25 bits per heavy atom. The minimum Gasteiger partial charge on any atom is -0.211 e. The van der Waals surface area contributed by atoms with Gasteiger partial charge < -0.3 is 0 Å². The molecule has 0 aromatic rings. The maximum Gasteiger partial charge on any atom is 0.234 e. The maximum atomic E-state index is 9.46. The smallest absolute Gasteiger partial charge is 0.211 e. The first-order valence-electron chi connectivity index (χ1n) is 2.51. The number of rotatable bonds is 4.